The number of hydrogen-bond acceptors (Lipinski definition) is 2. The van der Waals surface area contributed by atoms with Crippen LogP contribution in [0.5, 0.6) is 0 Å². The summed E-state index contributed by atoms with van der Waals surface area (Å²) in [6.45, 7) is 0.0700. The molecule has 0 atom stereocenters. The number of rotatable bonds is 4. The Morgan fingerprint density at radius 3 is 2.56 bits per heavy atom. The fraction of sp³-hybridized carbons (Fsp3) is 0.333. The number of nitrogens with one attached hydrogen (secondary N) is 1. The Morgan fingerprint density at radius 2 is 2.06 bits per heavy atom. The highest BCUT2D eigenvalue weighted by atomic mass is 35.5. The van der Waals surface area contributed by atoms with Crippen LogP contribution in [-0.2, 0) is 16.8 Å². The van der Waals surface area contributed by atoms with Crippen molar-refractivity contribution in [1.82, 2.24) is 9.03 Å². The van der Waals surface area contributed by atoms with Crippen LogP contribution in [-0.4, -0.2) is 26.8 Å². The average Bonchev–Trinajstić information content (AvgIpc) is 2.20. The molecule has 0 bridgehead atoms. The minimum Gasteiger partial charge on any atom is -0.205 e. The molecular formula is C9H12ClFN2O2S. The number of benzene rings is 1. The summed E-state index contributed by atoms with van der Waals surface area (Å²) in [5.41, 5.74) is 0.594. The zero-order chi connectivity index (χ0) is 12.3. The van der Waals surface area contributed by atoms with Crippen molar-refractivity contribution in [3.05, 3.63) is 34.6 Å². The first-order chi connectivity index (χ1) is 7.33. The molecule has 1 aromatic carbocycles. The van der Waals surface area contributed by atoms with E-state index >= 15 is 0 Å². The van der Waals surface area contributed by atoms with Crippen molar-refractivity contribution in [3.8, 4) is 0 Å². The van der Waals surface area contributed by atoms with E-state index in [4.69, 9.17) is 11.6 Å². The van der Waals surface area contributed by atoms with Gasteiger partial charge in [-0.25, -0.2) is 4.39 Å². The van der Waals surface area contributed by atoms with Gasteiger partial charge in [-0.2, -0.15) is 17.4 Å². The largest absolute Gasteiger partial charge is 0.279 e. The van der Waals surface area contributed by atoms with E-state index in [2.05, 4.69) is 4.72 Å². The minimum absolute atomic E-state index is 0.0263. The van der Waals surface area contributed by atoms with Crippen LogP contribution in [0.4, 0.5) is 4.39 Å². The van der Waals surface area contributed by atoms with Crippen molar-refractivity contribution < 1.29 is 12.8 Å². The zero-order valence-electron chi connectivity index (χ0n) is 8.87. The maximum atomic E-state index is 12.8. The number of nitrogens with zero attached hydrogens (tertiary/aromatic N) is 1. The Bertz CT molecular complexity index is 476. The van der Waals surface area contributed by atoms with Crippen LogP contribution < -0.4 is 4.72 Å². The van der Waals surface area contributed by atoms with Crippen LogP contribution in [0.15, 0.2) is 18.2 Å². The first-order valence-electron chi connectivity index (χ1n) is 4.44. The van der Waals surface area contributed by atoms with Gasteiger partial charge in [0.2, 0.25) is 0 Å². The molecule has 7 heteroatoms. The SMILES string of the molecule is CN(C)S(=O)(=O)NCc1ccc(F)c(Cl)c1. The number of hydrogen-bond donors (Lipinski definition) is 1. The standard InChI is InChI=1S/C9H12ClFN2O2S/c1-13(2)16(14,15)12-6-7-3-4-9(11)8(10)5-7/h3-5,12H,6H2,1-2H3. The summed E-state index contributed by atoms with van der Waals surface area (Å²) in [5.74, 6) is -0.527. The maximum absolute atomic E-state index is 12.8. The van der Waals surface area contributed by atoms with Crippen LogP contribution >= 0.6 is 11.6 Å². The molecule has 0 radical (unpaired) electrons. The van der Waals surface area contributed by atoms with Gasteiger partial charge in [-0.05, 0) is 17.7 Å². The molecule has 0 heterocycles. The summed E-state index contributed by atoms with van der Waals surface area (Å²) >= 11 is 5.56. The lowest BCUT2D eigenvalue weighted by Gasteiger charge is -2.12. The molecule has 90 valence electrons. The van der Waals surface area contributed by atoms with Gasteiger partial charge in [0, 0.05) is 20.6 Å². The van der Waals surface area contributed by atoms with E-state index in [1.54, 1.807) is 0 Å². The van der Waals surface area contributed by atoms with E-state index in [0.29, 0.717) is 5.56 Å². The van der Waals surface area contributed by atoms with Crippen LogP contribution in [0.25, 0.3) is 0 Å². The van der Waals surface area contributed by atoms with Gasteiger partial charge in [-0.1, -0.05) is 17.7 Å². The van der Waals surface area contributed by atoms with E-state index < -0.39 is 16.0 Å². The molecule has 0 unspecified atom stereocenters. The predicted molar refractivity (Wildman–Crippen MR) is 60.9 cm³/mol. The molecule has 0 aliphatic carbocycles. The molecule has 1 rings (SSSR count). The quantitative estimate of drug-likeness (QED) is 0.895. The van der Waals surface area contributed by atoms with E-state index in [1.807, 2.05) is 0 Å². The molecule has 0 amide bonds. The molecule has 0 aliphatic heterocycles. The Labute approximate surface area is 99.2 Å². The van der Waals surface area contributed by atoms with Gasteiger partial charge in [0.05, 0.1) is 5.02 Å². The molecule has 0 aromatic heterocycles. The minimum atomic E-state index is -3.47. The molecule has 0 saturated carbocycles. The van der Waals surface area contributed by atoms with Crippen LogP contribution in [0.3, 0.4) is 0 Å². The third-order valence-corrected chi connectivity index (χ3v) is 3.68. The first kappa shape index (κ1) is 13.4. The van der Waals surface area contributed by atoms with Crippen molar-refractivity contribution in [2.24, 2.45) is 0 Å². The highest BCUT2D eigenvalue weighted by molar-refractivity contribution is 7.87. The molecule has 1 aromatic rings. The van der Waals surface area contributed by atoms with Crippen LogP contribution in [0.1, 0.15) is 5.56 Å². The van der Waals surface area contributed by atoms with E-state index in [1.165, 1.54) is 32.3 Å². The summed E-state index contributed by atoms with van der Waals surface area (Å²) < 4.78 is 38.9. The molecule has 0 aliphatic rings. The monoisotopic (exact) mass is 266 g/mol. The summed E-state index contributed by atoms with van der Waals surface area (Å²) in [4.78, 5) is 0. The molecule has 4 nitrogen and oxygen atoms in total. The topological polar surface area (TPSA) is 49.4 Å². The van der Waals surface area contributed by atoms with E-state index in [-0.39, 0.29) is 11.6 Å². The van der Waals surface area contributed by atoms with Crippen molar-refractivity contribution in [3.63, 3.8) is 0 Å². The molecule has 0 saturated heterocycles. The van der Waals surface area contributed by atoms with Gasteiger partial charge < -0.3 is 0 Å². The van der Waals surface area contributed by atoms with Gasteiger partial charge in [0.15, 0.2) is 0 Å². The van der Waals surface area contributed by atoms with Gasteiger partial charge in [-0.15, -0.1) is 0 Å². The third kappa shape index (κ3) is 3.41. The fourth-order valence-electron chi connectivity index (χ4n) is 0.953. The van der Waals surface area contributed by atoms with Gasteiger partial charge in [0.25, 0.3) is 10.2 Å². The zero-order valence-corrected chi connectivity index (χ0v) is 10.4. The maximum Gasteiger partial charge on any atom is 0.279 e. The molecule has 0 fully saturated rings. The fourth-order valence-corrected chi connectivity index (χ4v) is 1.76. The van der Waals surface area contributed by atoms with E-state index in [9.17, 15) is 12.8 Å². The number of halogens is 2. The van der Waals surface area contributed by atoms with Crippen LogP contribution in [0, 0.1) is 5.82 Å². The summed E-state index contributed by atoms with van der Waals surface area (Å²) in [7, 11) is -0.640. The summed E-state index contributed by atoms with van der Waals surface area (Å²) in [6, 6.07) is 4.05. The Kier molecular flexibility index (Phi) is 4.26. The third-order valence-electron chi connectivity index (χ3n) is 1.92. The van der Waals surface area contributed by atoms with Gasteiger partial charge in [-0.3, -0.25) is 0 Å². The second kappa shape index (κ2) is 5.09. The van der Waals surface area contributed by atoms with Gasteiger partial charge >= 0.3 is 0 Å². The van der Waals surface area contributed by atoms with Crippen LogP contribution in [0.2, 0.25) is 5.02 Å². The first-order valence-corrected chi connectivity index (χ1v) is 6.26. The highest BCUT2D eigenvalue weighted by Crippen LogP contribution is 2.15. The molecule has 16 heavy (non-hydrogen) atoms. The van der Waals surface area contributed by atoms with E-state index in [0.717, 1.165) is 4.31 Å². The van der Waals surface area contributed by atoms with Crippen molar-refractivity contribution in [2.75, 3.05) is 14.1 Å². The lowest BCUT2D eigenvalue weighted by atomic mass is 10.2. The average molecular weight is 267 g/mol. The molecule has 0 spiro atoms. The molecule has 1 N–H and O–H groups in total. The van der Waals surface area contributed by atoms with Crippen molar-refractivity contribution in [1.29, 1.82) is 0 Å². The van der Waals surface area contributed by atoms with Crippen molar-refractivity contribution >= 4 is 21.8 Å². The summed E-state index contributed by atoms with van der Waals surface area (Å²) in [5, 5.41) is -0.0263. The normalized spacial score (nSPS) is 12.1. The van der Waals surface area contributed by atoms with Crippen molar-refractivity contribution in [2.45, 2.75) is 6.54 Å². The summed E-state index contributed by atoms with van der Waals surface area (Å²) in [6.07, 6.45) is 0. The second-order valence-corrected chi connectivity index (χ2v) is 5.73. The smallest absolute Gasteiger partial charge is 0.205 e. The lowest BCUT2D eigenvalue weighted by molar-refractivity contribution is 0.505. The second-order valence-electron chi connectivity index (χ2n) is 3.36. The highest BCUT2D eigenvalue weighted by Gasteiger charge is 2.12. The lowest BCUT2D eigenvalue weighted by Crippen LogP contribution is -2.35. The Balaban J connectivity index is 2.73. The predicted octanol–water partition coefficient (Wildman–Crippen LogP) is 1.38. The van der Waals surface area contributed by atoms with Gasteiger partial charge in [0.1, 0.15) is 5.82 Å². The Morgan fingerprint density at radius 1 is 1.44 bits per heavy atom. The molecular weight excluding hydrogens is 255 g/mol. The Hall–Kier alpha value is -0.690.